The highest BCUT2D eigenvalue weighted by Crippen LogP contribution is 2.28. The second-order valence-electron chi connectivity index (χ2n) is 5.28. The zero-order valence-electron chi connectivity index (χ0n) is 12.0. The van der Waals surface area contributed by atoms with E-state index in [1.54, 1.807) is 7.05 Å². The van der Waals surface area contributed by atoms with Gasteiger partial charge in [-0.15, -0.1) is 0 Å². The molecule has 0 amide bonds. The van der Waals surface area contributed by atoms with E-state index in [1.807, 2.05) is 0 Å². The van der Waals surface area contributed by atoms with E-state index in [4.69, 9.17) is 0 Å². The molecule has 1 aliphatic rings. The average Bonchev–Trinajstić information content (AvgIpc) is 3.00. The predicted octanol–water partition coefficient (Wildman–Crippen LogP) is 0.650. The Labute approximate surface area is 127 Å². The van der Waals surface area contributed by atoms with Gasteiger partial charge in [0.2, 0.25) is 10.0 Å². The molecule has 0 radical (unpaired) electrons. The van der Waals surface area contributed by atoms with E-state index < -0.39 is 21.4 Å². The summed E-state index contributed by atoms with van der Waals surface area (Å²) in [7, 11) is -2.07. The van der Waals surface area contributed by atoms with Crippen molar-refractivity contribution in [1.29, 1.82) is 0 Å². The van der Waals surface area contributed by atoms with Crippen LogP contribution in [0.25, 0.3) is 10.8 Å². The number of benzene rings is 1. The van der Waals surface area contributed by atoms with Crippen LogP contribution in [-0.4, -0.2) is 43.9 Å². The summed E-state index contributed by atoms with van der Waals surface area (Å²) in [5.41, 5.74) is -0.511. The van der Waals surface area contributed by atoms with Crippen molar-refractivity contribution in [3.05, 3.63) is 40.6 Å². The summed E-state index contributed by atoms with van der Waals surface area (Å²) in [6, 6.07) is 4.29. The Kier molecular flexibility index (Phi) is 3.75. The number of sulfonamides is 1. The fourth-order valence-electron chi connectivity index (χ4n) is 2.78. The van der Waals surface area contributed by atoms with E-state index >= 15 is 0 Å². The van der Waals surface area contributed by atoms with Gasteiger partial charge in [0.05, 0.1) is 10.3 Å². The van der Waals surface area contributed by atoms with Gasteiger partial charge in [0.15, 0.2) is 0 Å². The molecule has 1 aromatic carbocycles. The Morgan fingerprint density at radius 3 is 2.86 bits per heavy atom. The molecule has 3 rings (SSSR count). The van der Waals surface area contributed by atoms with Gasteiger partial charge < -0.3 is 10.3 Å². The summed E-state index contributed by atoms with van der Waals surface area (Å²) in [6.07, 6.45) is 1.59. The minimum Gasteiger partial charge on any atom is -0.326 e. The van der Waals surface area contributed by atoms with Crippen molar-refractivity contribution in [1.82, 2.24) is 14.6 Å². The number of nitrogens with zero attached hydrogens (tertiary/aromatic N) is 1. The van der Waals surface area contributed by atoms with Crippen molar-refractivity contribution in [2.24, 2.45) is 0 Å². The Morgan fingerprint density at radius 2 is 2.18 bits per heavy atom. The molecular formula is C14H16FN3O3S. The first-order valence-electron chi connectivity index (χ1n) is 6.92. The van der Waals surface area contributed by atoms with Crippen molar-refractivity contribution >= 4 is 20.8 Å². The number of likely N-dealkylation sites (N-methyl/N-ethyl adjacent to an activating group) is 1. The van der Waals surface area contributed by atoms with Crippen LogP contribution in [0.2, 0.25) is 0 Å². The van der Waals surface area contributed by atoms with E-state index in [0.29, 0.717) is 19.5 Å². The van der Waals surface area contributed by atoms with Crippen LogP contribution in [0.4, 0.5) is 4.39 Å². The molecule has 1 unspecified atom stereocenters. The molecule has 2 heterocycles. The molecule has 1 aromatic heterocycles. The number of aromatic amines is 1. The first-order chi connectivity index (χ1) is 10.4. The number of halogens is 1. The number of aromatic nitrogens is 1. The largest absolute Gasteiger partial charge is 0.326 e. The Balaban J connectivity index is 2.18. The Hall–Kier alpha value is -1.77. The van der Waals surface area contributed by atoms with E-state index in [9.17, 15) is 17.6 Å². The summed E-state index contributed by atoms with van der Waals surface area (Å²) in [5.74, 6) is -0.752. The van der Waals surface area contributed by atoms with Crippen molar-refractivity contribution in [3.63, 3.8) is 0 Å². The highest BCUT2D eigenvalue weighted by atomic mass is 32.2. The lowest BCUT2D eigenvalue weighted by Crippen LogP contribution is -2.33. The number of hydrogen-bond acceptors (Lipinski definition) is 4. The van der Waals surface area contributed by atoms with Crippen LogP contribution in [0.5, 0.6) is 0 Å². The van der Waals surface area contributed by atoms with Gasteiger partial charge in [-0.25, -0.2) is 12.8 Å². The third-order valence-corrected chi connectivity index (χ3v) is 5.92. The minimum absolute atomic E-state index is 0.0328. The van der Waals surface area contributed by atoms with E-state index in [1.165, 1.54) is 22.5 Å². The molecule has 0 bridgehead atoms. The molecule has 0 spiro atoms. The van der Waals surface area contributed by atoms with Gasteiger partial charge in [-0.3, -0.25) is 4.79 Å². The summed E-state index contributed by atoms with van der Waals surface area (Å²) in [4.78, 5) is 13.9. The number of nitrogens with one attached hydrogen (secondary N) is 2. The van der Waals surface area contributed by atoms with Crippen LogP contribution < -0.4 is 10.9 Å². The Bertz CT molecular complexity index is 879. The topological polar surface area (TPSA) is 82.3 Å². The lowest BCUT2D eigenvalue weighted by atomic mass is 10.2. The van der Waals surface area contributed by atoms with Gasteiger partial charge in [0.25, 0.3) is 5.56 Å². The maximum absolute atomic E-state index is 14.1. The van der Waals surface area contributed by atoms with Gasteiger partial charge >= 0.3 is 0 Å². The van der Waals surface area contributed by atoms with Crippen molar-refractivity contribution < 1.29 is 12.8 Å². The van der Waals surface area contributed by atoms with Crippen LogP contribution in [0.3, 0.4) is 0 Å². The first kappa shape index (κ1) is 15.1. The monoisotopic (exact) mass is 325 g/mol. The molecule has 8 heteroatoms. The van der Waals surface area contributed by atoms with Crippen LogP contribution in [0, 0.1) is 5.82 Å². The fraction of sp³-hybridized carbons (Fsp3) is 0.357. The molecule has 6 nitrogen and oxygen atoms in total. The third-order valence-electron chi connectivity index (χ3n) is 4.02. The normalized spacial score (nSPS) is 19.8. The quantitative estimate of drug-likeness (QED) is 0.868. The molecule has 0 saturated carbocycles. The Morgan fingerprint density at radius 1 is 1.41 bits per heavy atom. The number of rotatable bonds is 3. The molecular weight excluding hydrogens is 309 g/mol. The zero-order chi connectivity index (χ0) is 15.9. The van der Waals surface area contributed by atoms with Gasteiger partial charge in [-0.1, -0.05) is 6.07 Å². The van der Waals surface area contributed by atoms with Crippen LogP contribution in [-0.2, 0) is 10.0 Å². The smallest absolute Gasteiger partial charge is 0.256 e. The van der Waals surface area contributed by atoms with Gasteiger partial charge in [0, 0.05) is 30.7 Å². The molecule has 2 aromatic rings. The molecule has 1 atom stereocenters. The summed E-state index contributed by atoms with van der Waals surface area (Å²) < 4.78 is 41.0. The third kappa shape index (κ3) is 2.33. The molecule has 22 heavy (non-hydrogen) atoms. The summed E-state index contributed by atoms with van der Waals surface area (Å²) in [6.45, 7) is 0.703. The van der Waals surface area contributed by atoms with Crippen LogP contribution in [0.1, 0.15) is 6.42 Å². The highest BCUT2D eigenvalue weighted by Gasteiger charge is 2.33. The lowest BCUT2D eigenvalue weighted by molar-refractivity contribution is 0.465. The van der Waals surface area contributed by atoms with Crippen molar-refractivity contribution in [2.75, 3.05) is 20.1 Å². The molecule has 2 N–H and O–H groups in total. The number of hydrogen-bond donors (Lipinski definition) is 2. The molecule has 118 valence electrons. The first-order valence-corrected chi connectivity index (χ1v) is 8.36. The fourth-order valence-corrected chi connectivity index (χ4v) is 4.50. The summed E-state index contributed by atoms with van der Waals surface area (Å²) in [5, 5.41) is 2.92. The maximum atomic E-state index is 14.1. The lowest BCUT2D eigenvalue weighted by Gasteiger charge is -2.18. The number of H-pyrrole nitrogens is 1. The van der Waals surface area contributed by atoms with Crippen LogP contribution >= 0.6 is 0 Å². The molecule has 0 aliphatic carbocycles. The second-order valence-corrected chi connectivity index (χ2v) is 7.19. The van der Waals surface area contributed by atoms with Gasteiger partial charge in [-0.05, 0) is 25.6 Å². The van der Waals surface area contributed by atoms with Gasteiger partial charge in [0.1, 0.15) is 5.82 Å². The SMILES string of the molecule is CNC1CCN(S(=O)(=O)c2cccc3c(=O)[nH]cc(F)c23)C1. The zero-order valence-corrected chi connectivity index (χ0v) is 12.8. The van der Waals surface area contributed by atoms with E-state index in [-0.39, 0.29) is 21.7 Å². The van der Waals surface area contributed by atoms with Crippen LogP contribution in [0.15, 0.2) is 34.1 Å². The standard InChI is InChI=1S/C14H16FN3O3S/c1-16-9-5-6-18(8-9)22(20,21)12-4-2-3-10-13(12)11(15)7-17-14(10)19/h2-4,7,9,16H,5-6,8H2,1H3,(H,17,19). The minimum atomic E-state index is -3.85. The van der Waals surface area contributed by atoms with Gasteiger partial charge in [-0.2, -0.15) is 4.31 Å². The average molecular weight is 325 g/mol. The number of fused-ring (bicyclic) bond motifs is 1. The van der Waals surface area contributed by atoms with Crippen molar-refractivity contribution in [2.45, 2.75) is 17.4 Å². The maximum Gasteiger partial charge on any atom is 0.256 e. The number of pyridine rings is 1. The second kappa shape index (κ2) is 5.45. The van der Waals surface area contributed by atoms with E-state index in [0.717, 1.165) is 6.20 Å². The molecule has 1 aliphatic heterocycles. The highest BCUT2D eigenvalue weighted by molar-refractivity contribution is 7.89. The molecule has 1 fully saturated rings. The van der Waals surface area contributed by atoms with Crippen molar-refractivity contribution in [3.8, 4) is 0 Å². The van der Waals surface area contributed by atoms with E-state index in [2.05, 4.69) is 10.3 Å². The predicted molar refractivity (Wildman–Crippen MR) is 80.8 cm³/mol. The summed E-state index contributed by atoms with van der Waals surface area (Å²) >= 11 is 0. The molecule has 1 saturated heterocycles.